The van der Waals surface area contributed by atoms with Crippen molar-refractivity contribution in [2.45, 2.75) is 12.8 Å². The lowest BCUT2D eigenvalue weighted by Crippen LogP contribution is -2.00. The molecule has 7 nitrogen and oxygen atoms in total. The summed E-state index contributed by atoms with van der Waals surface area (Å²) in [4.78, 5) is 5.09. The minimum absolute atomic E-state index is 0.535. The van der Waals surface area contributed by atoms with E-state index in [2.05, 4.69) is 20.1 Å². The van der Waals surface area contributed by atoms with Gasteiger partial charge in [-0.2, -0.15) is 0 Å². The summed E-state index contributed by atoms with van der Waals surface area (Å²) < 4.78 is 11.3. The lowest BCUT2D eigenvalue weighted by Gasteiger charge is -1.95. The summed E-state index contributed by atoms with van der Waals surface area (Å²) in [5.41, 5.74) is 15.9. The largest absolute Gasteiger partial charge is 0.260 e. The second kappa shape index (κ2) is 11.3. The number of hydrogen-bond donors (Lipinski definition) is 0. The summed E-state index contributed by atoms with van der Waals surface area (Å²) >= 11 is 0. The summed E-state index contributed by atoms with van der Waals surface area (Å²) in [7, 11) is -0.903. The Kier molecular flexibility index (Phi) is 10.1. The summed E-state index contributed by atoms with van der Waals surface area (Å²) in [6.45, 7) is 0. The second-order valence-electron chi connectivity index (χ2n) is 2.60. The molecule has 8 heteroatoms. The second-order valence-corrected chi connectivity index (χ2v) is 4.30. The van der Waals surface area contributed by atoms with E-state index in [4.69, 9.17) is 11.1 Å². The molecule has 0 N–H and O–H groups in total. The van der Waals surface area contributed by atoms with Crippen molar-refractivity contribution >= 4 is 10.8 Å². The van der Waals surface area contributed by atoms with Crippen LogP contribution in [0.4, 0.5) is 0 Å². The molecule has 0 amide bonds. The molecule has 0 aromatic heterocycles. The van der Waals surface area contributed by atoms with Crippen LogP contribution < -0.4 is 0 Å². The first kappa shape index (κ1) is 14.2. The Morgan fingerprint density at radius 1 is 1.00 bits per heavy atom. The van der Waals surface area contributed by atoms with Crippen molar-refractivity contribution < 1.29 is 4.21 Å². The van der Waals surface area contributed by atoms with Crippen LogP contribution in [0.5, 0.6) is 0 Å². The van der Waals surface area contributed by atoms with Gasteiger partial charge < -0.3 is 0 Å². The molecule has 0 aliphatic heterocycles. The molecule has 0 spiro atoms. The van der Waals surface area contributed by atoms with E-state index >= 15 is 0 Å². The fourth-order valence-corrected chi connectivity index (χ4v) is 1.81. The first-order valence-electron chi connectivity index (χ1n) is 4.54. The maximum Gasteiger partial charge on any atom is 0.0269 e. The standard InChI is InChI=1S/C8H12N6OS/c9-13-11-5-1-3-7-16(15)8-4-2-6-12-14-10/h1-2,5-6H,3-4,7-8H2. The van der Waals surface area contributed by atoms with Crippen LogP contribution in [0.25, 0.3) is 20.9 Å². The Labute approximate surface area is 95.6 Å². The predicted octanol–water partition coefficient (Wildman–Crippen LogP) is 3.16. The fraction of sp³-hybridized carbons (Fsp3) is 0.500. The average molecular weight is 240 g/mol. The molecule has 16 heavy (non-hydrogen) atoms. The first-order chi connectivity index (χ1) is 7.81. The summed E-state index contributed by atoms with van der Waals surface area (Å²) in [5.74, 6) is 1.07. The fourth-order valence-electron chi connectivity index (χ4n) is 0.804. The topological polar surface area (TPSA) is 115 Å². The molecule has 0 saturated heterocycles. The molecule has 0 aliphatic rings. The summed E-state index contributed by atoms with van der Waals surface area (Å²) in [6.07, 6.45) is 7.27. The van der Waals surface area contributed by atoms with Gasteiger partial charge in [0, 0.05) is 32.1 Å². The average Bonchev–Trinajstić information content (AvgIpc) is 2.28. The molecule has 0 atom stereocenters. The van der Waals surface area contributed by atoms with Gasteiger partial charge in [-0.25, -0.2) is 0 Å². The molecule has 0 fully saturated rings. The van der Waals surface area contributed by atoms with Gasteiger partial charge in [0.1, 0.15) is 0 Å². The van der Waals surface area contributed by atoms with Crippen LogP contribution in [0.1, 0.15) is 12.8 Å². The highest BCUT2D eigenvalue weighted by Gasteiger charge is 1.95. The smallest absolute Gasteiger partial charge is 0.0269 e. The number of azide groups is 2. The zero-order valence-corrected chi connectivity index (χ0v) is 9.45. The van der Waals surface area contributed by atoms with E-state index in [1.165, 1.54) is 12.4 Å². The van der Waals surface area contributed by atoms with Gasteiger partial charge in [0.15, 0.2) is 0 Å². The molecule has 0 aliphatic carbocycles. The highest BCUT2D eigenvalue weighted by molar-refractivity contribution is 7.84. The lowest BCUT2D eigenvalue weighted by molar-refractivity contribution is 0.682. The van der Waals surface area contributed by atoms with Crippen molar-refractivity contribution in [2.24, 2.45) is 10.2 Å². The molecule has 0 aromatic carbocycles. The molecule has 0 aromatic rings. The van der Waals surface area contributed by atoms with Crippen LogP contribution in [-0.2, 0) is 10.8 Å². The lowest BCUT2D eigenvalue weighted by atomic mass is 10.5. The van der Waals surface area contributed by atoms with Gasteiger partial charge in [-0.1, -0.05) is 22.4 Å². The van der Waals surface area contributed by atoms with Crippen molar-refractivity contribution in [3.63, 3.8) is 0 Å². The number of rotatable bonds is 8. The molecular weight excluding hydrogens is 228 g/mol. The zero-order chi connectivity index (χ0) is 12.1. The van der Waals surface area contributed by atoms with E-state index in [0.717, 1.165) is 0 Å². The Hall–Kier alpha value is -1.75. The van der Waals surface area contributed by atoms with Crippen molar-refractivity contribution in [3.8, 4) is 0 Å². The Balaban J connectivity index is 3.59. The Morgan fingerprint density at radius 3 is 1.81 bits per heavy atom. The number of allylic oxidation sites excluding steroid dienone is 2. The predicted molar refractivity (Wildman–Crippen MR) is 63.7 cm³/mol. The highest BCUT2D eigenvalue weighted by atomic mass is 32.2. The van der Waals surface area contributed by atoms with Crippen LogP contribution in [0.15, 0.2) is 34.8 Å². The molecule has 0 rings (SSSR count). The van der Waals surface area contributed by atoms with Gasteiger partial charge in [0.2, 0.25) is 0 Å². The summed E-state index contributed by atoms with van der Waals surface area (Å²) in [6, 6.07) is 0. The number of hydrogen-bond acceptors (Lipinski definition) is 3. The molecule has 86 valence electrons. The van der Waals surface area contributed by atoms with Gasteiger partial charge in [0.25, 0.3) is 0 Å². The molecule has 0 saturated carbocycles. The van der Waals surface area contributed by atoms with Gasteiger partial charge >= 0.3 is 0 Å². The molecule has 0 unspecified atom stereocenters. The van der Waals surface area contributed by atoms with Crippen LogP contribution >= 0.6 is 0 Å². The Bertz CT molecular complexity index is 331. The summed E-state index contributed by atoms with van der Waals surface area (Å²) in [5, 5.41) is 6.42. The van der Waals surface area contributed by atoms with Crippen LogP contribution in [-0.4, -0.2) is 15.7 Å². The zero-order valence-electron chi connectivity index (χ0n) is 8.64. The van der Waals surface area contributed by atoms with Crippen LogP contribution in [0, 0.1) is 0 Å². The third-order valence-electron chi connectivity index (χ3n) is 1.47. The van der Waals surface area contributed by atoms with E-state index in [-0.39, 0.29) is 0 Å². The van der Waals surface area contributed by atoms with Crippen molar-refractivity contribution in [2.75, 3.05) is 11.5 Å². The first-order valence-corrected chi connectivity index (χ1v) is 6.03. The Morgan fingerprint density at radius 2 is 1.44 bits per heavy atom. The van der Waals surface area contributed by atoms with E-state index in [1.54, 1.807) is 12.2 Å². The van der Waals surface area contributed by atoms with Gasteiger partial charge in [-0.15, -0.1) is 0 Å². The van der Waals surface area contributed by atoms with E-state index < -0.39 is 10.8 Å². The quantitative estimate of drug-likeness (QED) is 0.362. The molecule has 0 radical (unpaired) electrons. The maximum atomic E-state index is 11.3. The monoisotopic (exact) mass is 240 g/mol. The van der Waals surface area contributed by atoms with E-state index in [0.29, 0.717) is 24.3 Å². The normalized spacial score (nSPS) is 12.2. The third kappa shape index (κ3) is 10.3. The van der Waals surface area contributed by atoms with E-state index in [9.17, 15) is 4.21 Å². The van der Waals surface area contributed by atoms with E-state index in [1.807, 2.05) is 0 Å². The number of nitrogens with zero attached hydrogens (tertiary/aromatic N) is 6. The third-order valence-corrected chi connectivity index (χ3v) is 2.85. The van der Waals surface area contributed by atoms with Crippen molar-refractivity contribution in [1.82, 2.24) is 0 Å². The maximum absolute atomic E-state index is 11.3. The molecule has 0 bridgehead atoms. The molecule has 0 heterocycles. The SMILES string of the molecule is [N-]=[N+]=NC=CCCS(=O)CCC=CN=[N+]=[N-]. The van der Waals surface area contributed by atoms with Gasteiger partial charge in [0.05, 0.1) is 0 Å². The van der Waals surface area contributed by atoms with Crippen molar-refractivity contribution in [1.29, 1.82) is 0 Å². The molecular formula is C8H12N6OS. The minimum atomic E-state index is -0.903. The van der Waals surface area contributed by atoms with Gasteiger partial charge in [-0.05, 0) is 36.3 Å². The van der Waals surface area contributed by atoms with Gasteiger partial charge in [-0.3, -0.25) is 4.21 Å². The van der Waals surface area contributed by atoms with Crippen LogP contribution in [0.3, 0.4) is 0 Å². The minimum Gasteiger partial charge on any atom is -0.260 e. The van der Waals surface area contributed by atoms with Crippen molar-refractivity contribution in [3.05, 3.63) is 45.4 Å². The van der Waals surface area contributed by atoms with Crippen LogP contribution in [0.2, 0.25) is 0 Å². The highest BCUT2D eigenvalue weighted by Crippen LogP contribution is 1.94.